The highest BCUT2D eigenvalue weighted by Gasteiger charge is 2.26. The summed E-state index contributed by atoms with van der Waals surface area (Å²) in [5.74, 6) is -0.130. The molecular formula is C18H16FN5O3S2. The molecule has 8 nitrogen and oxygen atoms in total. The van der Waals surface area contributed by atoms with Crippen molar-refractivity contribution in [2.45, 2.75) is 18.2 Å². The molecule has 4 rings (SSSR count). The SMILES string of the molecule is Cc1ccc(S(=O)(=O)N(C)CCc2noc(-c3ccccc3F)n2)c2nsnc12. The van der Waals surface area contributed by atoms with Crippen molar-refractivity contribution in [1.29, 1.82) is 0 Å². The van der Waals surface area contributed by atoms with E-state index >= 15 is 0 Å². The molecule has 0 amide bonds. The van der Waals surface area contributed by atoms with Gasteiger partial charge in [0.25, 0.3) is 5.89 Å². The summed E-state index contributed by atoms with van der Waals surface area (Å²) in [5, 5.41) is 3.82. The van der Waals surface area contributed by atoms with Crippen LogP contribution in [0.15, 0.2) is 45.8 Å². The largest absolute Gasteiger partial charge is 0.334 e. The smallest absolute Gasteiger partial charge is 0.260 e. The summed E-state index contributed by atoms with van der Waals surface area (Å²) in [5.41, 5.74) is 2.01. The second-order valence-corrected chi connectivity index (χ2v) is 8.96. The molecular weight excluding hydrogens is 417 g/mol. The molecule has 29 heavy (non-hydrogen) atoms. The lowest BCUT2D eigenvalue weighted by Gasteiger charge is -2.16. The van der Waals surface area contributed by atoms with Crippen LogP contribution in [-0.2, 0) is 16.4 Å². The lowest BCUT2D eigenvalue weighted by molar-refractivity contribution is 0.413. The van der Waals surface area contributed by atoms with Crippen molar-refractivity contribution in [2.24, 2.45) is 0 Å². The number of aryl methyl sites for hydroxylation is 1. The van der Waals surface area contributed by atoms with Crippen molar-refractivity contribution in [3.63, 3.8) is 0 Å². The molecule has 2 heterocycles. The predicted octanol–water partition coefficient (Wildman–Crippen LogP) is 3.05. The zero-order valence-electron chi connectivity index (χ0n) is 15.5. The Morgan fingerprint density at radius 2 is 1.90 bits per heavy atom. The molecule has 0 unspecified atom stereocenters. The van der Waals surface area contributed by atoms with Gasteiger partial charge in [-0.2, -0.15) is 13.7 Å². The molecule has 2 aromatic heterocycles. The molecule has 0 atom stereocenters. The van der Waals surface area contributed by atoms with E-state index in [0.29, 0.717) is 11.0 Å². The first-order chi connectivity index (χ1) is 13.9. The van der Waals surface area contributed by atoms with Gasteiger partial charge in [0.05, 0.1) is 17.3 Å². The fourth-order valence-electron chi connectivity index (χ4n) is 2.82. The monoisotopic (exact) mass is 433 g/mol. The number of fused-ring (bicyclic) bond motifs is 1. The Kier molecular flexibility index (Phi) is 5.11. The van der Waals surface area contributed by atoms with E-state index in [1.54, 1.807) is 18.2 Å². The van der Waals surface area contributed by atoms with Crippen LogP contribution in [0.2, 0.25) is 0 Å². The minimum absolute atomic E-state index is 0.0531. The third kappa shape index (κ3) is 3.63. The van der Waals surface area contributed by atoms with Gasteiger partial charge in [-0.1, -0.05) is 23.4 Å². The number of benzene rings is 2. The van der Waals surface area contributed by atoms with Gasteiger partial charge >= 0.3 is 0 Å². The summed E-state index contributed by atoms with van der Waals surface area (Å²) in [6.45, 7) is 1.97. The Hall–Kier alpha value is -2.76. The molecule has 0 aliphatic heterocycles. The molecule has 0 aliphatic carbocycles. The Morgan fingerprint density at radius 1 is 1.14 bits per heavy atom. The van der Waals surface area contributed by atoms with E-state index in [1.807, 2.05) is 6.92 Å². The molecule has 0 saturated carbocycles. The average molecular weight is 433 g/mol. The molecule has 2 aromatic carbocycles. The van der Waals surface area contributed by atoms with Crippen molar-refractivity contribution in [3.8, 4) is 11.5 Å². The van der Waals surface area contributed by atoms with Crippen molar-refractivity contribution in [1.82, 2.24) is 23.2 Å². The highest BCUT2D eigenvalue weighted by molar-refractivity contribution is 7.89. The molecule has 150 valence electrons. The fraction of sp³-hybridized carbons (Fsp3) is 0.222. The lowest BCUT2D eigenvalue weighted by Crippen LogP contribution is -2.29. The number of nitrogens with zero attached hydrogens (tertiary/aromatic N) is 5. The van der Waals surface area contributed by atoms with Crippen LogP contribution in [0.4, 0.5) is 4.39 Å². The van der Waals surface area contributed by atoms with E-state index in [1.165, 1.54) is 29.6 Å². The zero-order valence-corrected chi connectivity index (χ0v) is 17.2. The molecule has 0 spiro atoms. The second-order valence-electron chi connectivity index (χ2n) is 6.41. The van der Waals surface area contributed by atoms with Crippen molar-refractivity contribution in [3.05, 3.63) is 53.6 Å². The Bertz CT molecular complexity index is 1290. The molecule has 0 saturated heterocycles. The predicted molar refractivity (Wildman–Crippen MR) is 105 cm³/mol. The number of aromatic nitrogens is 4. The highest BCUT2D eigenvalue weighted by atomic mass is 32.2. The number of sulfonamides is 1. The molecule has 0 fully saturated rings. The van der Waals surface area contributed by atoms with E-state index in [9.17, 15) is 12.8 Å². The van der Waals surface area contributed by atoms with Crippen LogP contribution in [0.5, 0.6) is 0 Å². The first-order valence-corrected chi connectivity index (χ1v) is 10.8. The van der Waals surface area contributed by atoms with E-state index in [0.717, 1.165) is 17.3 Å². The van der Waals surface area contributed by atoms with E-state index in [-0.39, 0.29) is 35.1 Å². The summed E-state index contributed by atoms with van der Waals surface area (Å²) < 4.78 is 54.5. The molecule has 0 bridgehead atoms. The van der Waals surface area contributed by atoms with Gasteiger partial charge in [0, 0.05) is 20.0 Å². The number of hydrogen-bond acceptors (Lipinski definition) is 8. The van der Waals surface area contributed by atoms with Crippen LogP contribution in [0.25, 0.3) is 22.5 Å². The fourth-order valence-corrected chi connectivity index (χ4v) is 4.79. The second kappa shape index (κ2) is 7.58. The van der Waals surface area contributed by atoms with Crippen LogP contribution in [0, 0.1) is 12.7 Å². The van der Waals surface area contributed by atoms with Gasteiger partial charge in [0.2, 0.25) is 10.0 Å². The normalized spacial score (nSPS) is 12.1. The number of hydrogen-bond donors (Lipinski definition) is 0. The topological polar surface area (TPSA) is 102 Å². The van der Waals surface area contributed by atoms with Gasteiger partial charge in [-0.05, 0) is 30.7 Å². The van der Waals surface area contributed by atoms with Crippen molar-refractivity contribution in [2.75, 3.05) is 13.6 Å². The molecule has 0 aliphatic rings. The first-order valence-electron chi connectivity index (χ1n) is 8.63. The summed E-state index contributed by atoms with van der Waals surface area (Å²) in [6, 6.07) is 9.32. The first kappa shape index (κ1) is 19.6. The van der Waals surface area contributed by atoms with E-state index in [2.05, 4.69) is 18.9 Å². The Balaban J connectivity index is 1.52. The third-order valence-corrected chi connectivity index (χ3v) is 6.91. The quantitative estimate of drug-likeness (QED) is 0.460. The maximum atomic E-state index is 13.8. The van der Waals surface area contributed by atoms with Crippen LogP contribution >= 0.6 is 11.7 Å². The number of rotatable bonds is 6. The van der Waals surface area contributed by atoms with Gasteiger partial charge in [0.15, 0.2) is 5.82 Å². The van der Waals surface area contributed by atoms with Gasteiger partial charge in [0.1, 0.15) is 21.7 Å². The minimum atomic E-state index is -3.78. The van der Waals surface area contributed by atoms with Crippen LogP contribution < -0.4 is 0 Å². The molecule has 0 radical (unpaired) electrons. The lowest BCUT2D eigenvalue weighted by atomic mass is 10.2. The maximum absolute atomic E-state index is 13.8. The van der Waals surface area contributed by atoms with Gasteiger partial charge in [-0.25, -0.2) is 17.1 Å². The number of halogens is 1. The highest BCUT2D eigenvalue weighted by Crippen LogP contribution is 2.26. The summed E-state index contributed by atoms with van der Waals surface area (Å²) in [4.78, 5) is 4.27. The van der Waals surface area contributed by atoms with Crippen molar-refractivity contribution >= 4 is 32.8 Å². The minimum Gasteiger partial charge on any atom is -0.334 e. The average Bonchev–Trinajstić information content (AvgIpc) is 3.36. The summed E-state index contributed by atoms with van der Waals surface area (Å²) in [7, 11) is -2.31. The van der Waals surface area contributed by atoms with Crippen LogP contribution in [0.3, 0.4) is 0 Å². The van der Waals surface area contributed by atoms with E-state index in [4.69, 9.17) is 4.52 Å². The Morgan fingerprint density at radius 3 is 2.69 bits per heavy atom. The van der Waals surface area contributed by atoms with Gasteiger partial charge in [-0.15, -0.1) is 0 Å². The molecule has 11 heteroatoms. The molecule has 0 N–H and O–H groups in total. The summed E-state index contributed by atoms with van der Waals surface area (Å²) in [6.07, 6.45) is 0.206. The zero-order chi connectivity index (χ0) is 20.6. The standard InChI is InChI=1S/C18H16FN5O3S2/c1-11-7-8-14(17-16(11)22-28-23-17)29(25,26)24(2)10-9-15-20-18(27-21-15)12-5-3-4-6-13(12)19/h3-8H,9-10H2,1-2H3. The van der Waals surface area contributed by atoms with Gasteiger partial charge < -0.3 is 4.52 Å². The van der Waals surface area contributed by atoms with Gasteiger partial charge in [-0.3, -0.25) is 0 Å². The maximum Gasteiger partial charge on any atom is 0.260 e. The Labute approximate surface area is 170 Å². The van der Waals surface area contributed by atoms with Crippen LogP contribution in [0.1, 0.15) is 11.4 Å². The number of likely N-dealkylation sites (N-methyl/N-ethyl adjacent to an activating group) is 1. The van der Waals surface area contributed by atoms with Crippen LogP contribution in [-0.4, -0.2) is 45.2 Å². The van der Waals surface area contributed by atoms with Crippen molar-refractivity contribution < 1.29 is 17.3 Å². The third-order valence-electron chi connectivity index (χ3n) is 4.49. The molecule has 4 aromatic rings. The summed E-state index contributed by atoms with van der Waals surface area (Å²) >= 11 is 0.975. The van der Waals surface area contributed by atoms with E-state index < -0.39 is 15.8 Å².